The molecule has 1 rings (SSSR count). The molecule has 1 fully saturated rings. The number of likely N-dealkylation sites (N-methyl/N-ethyl adjacent to an activating group) is 1. The number of hydrogen-bond acceptors (Lipinski definition) is 3. The Morgan fingerprint density at radius 1 is 1.33 bits per heavy atom. The van der Waals surface area contributed by atoms with Crippen LogP contribution in [-0.2, 0) is 4.74 Å². The highest BCUT2D eigenvalue weighted by molar-refractivity contribution is 5.67. The van der Waals surface area contributed by atoms with Gasteiger partial charge in [-0.15, -0.1) is 0 Å². The van der Waals surface area contributed by atoms with Crippen LogP contribution >= 0.6 is 0 Å². The largest absolute Gasteiger partial charge is 0.444 e. The lowest BCUT2D eigenvalue weighted by Crippen LogP contribution is -2.38. The number of amides is 1. The molecule has 0 heterocycles. The first kappa shape index (κ1) is 15.3. The van der Waals surface area contributed by atoms with E-state index in [2.05, 4.69) is 5.32 Å². The molecule has 0 bridgehead atoms. The molecule has 1 aliphatic carbocycles. The minimum absolute atomic E-state index is 0.245. The van der Waals surface area contributed by atoms with Gasteiger partial charge in [-0.2, -0.15) is 0 Å². The molecule has 1 aliphatic rings. The monoisotopic (exact) mass is 256 g/mol. The van der Waals surface area contributed by atoms with Gasteiger partial charge in [-0.3, -0.25) is 0 Å². The highest BCUT2D eigenvalue weighted by atomic mass is 16.6. The third-order valence-corrected chi connectivity index (χ3v) is 3.24. The molecule has 1 N–H and O–H groups in total. The number of hydrogen-bond donors (Lipinski definition) is 1. The number of carbonyl (C=O) groups excluding carboxylic acids is 1. The Balaban J connectivity index is 2.08. The maximum absolute atomic E-state index is 11.7. The summed E-state index contributed by atoms with van der Waals surface area (Å²) in [5, 5.41) is 3.43. The Morgan fingerprint density at radius 2 is 1.94 bits per heavy atom. The van der Waals surface area contributed by atoms with Crippen LogP contribution in [0.2, 0.25) is 0 Å². The van der Waals surface area contributed by atoms with Gasteiger partial charge >= 0.3 is 6.09 Å². The molecule has 18 heavy (non-hydrogen) atoms. The van der Waals surface area contributed by atoms with E-state index in [-0.39, 0.29) is 6.09 Å². The molecule has 4 nitrogen and oxygen atoms in total. The summed E-state index contributed by atoms with van der Waals surface area (Å²) in [5.74, 6) is 0.844. The molecular formula is C14H28N2O2. The summed E-state index contributed by atoms with van der Waals surface area (Å²) < 4.78 is 5.29. The zero-order valence-electron chi connectivity index (χ0n) is 12.3. The summed E-state index contributed by atoms with van der Waals surface area (Å²) in [5.41, 5.74) is -0.414. The highest BCUT2D eigenvalue weighted by Crippen LogP contribution is 2.23. The van der Waals surface area contributed by atoms with Crippen LogP contribution in [0.4, 0.5) is 4.79 Å². The van der Waals surface area contributed by atoms with Gasteiger partial charge in [0.2, 0.25) is 0 Å². The summed E-state index contributed by atoms with van der Waals surface area (Å²) in [6.45, 7) is 8.28. The molecule has 0 saturated heterocycles. The molecule has 106 valence electrons. The van der Waals surface area contributed by atoms with Crippen LogP contribution in [0.15, 0.2) is 0 Å². The van der Waals surface area contributed by atoms with Crippen LogP contribution in [0, 0.1) is 5.92 Å². The fourth-order valence-corrected chi connectivity index (χ4v) is 2.20. The van der Waals surface area contributed by atoms with Crippen molar-refractivity contribution in [3.8, 4) is 0 Å². The number of carbonyl (C=O) groups is 1. The minimum Gasteiger partial charge on any atom is -0.444 e. The van der Waals surface area contributed by atoms with E-state index in [9.17, 15) is 4.79 Å². The van der Waals surface area contributed by atoms with E-state index in [1.807, 2.05) is 20.8 Å². The molecule has 0 aromatic rings. The van der Waals surface area contributed by atoms with Crippen LogP contribution < -0.4 is 5.32 Å². The number of nitrogens with one attached hydrogen (secondary N) is 1. The predicted octanol–water partition coefficient (Wildman–Crippen LogP) is 2.63. The molecule has 1 saturated carbocycles. The summed E-state index contributed by atoms with van der Waals surface area (Å²) in [6.07, 6.45) is 5.23. The van der Waals surface area contributed by atoms with Crippen molar-refractivity contribution in [2.45, 2.75) is 52.1 Å². The third-order valence-electron chi connectivity index (χ3n) is 3.24. The van der Waals surface area contributed by atoms with Crippen LogP contribution in [0.1, 0.15) is 46.5 Å². The van der Waals surface area contributed by atoms with E-state index in [0.29, 0.717) is 6.54 Å². The molecule has 0 aromatic carbocycles. The predicted molar refractivity (Wildman–Crippen MR) is 73.7 cm³/mol. The summed E-state index contributed by atoms with van der Waals surface area (Å²) in [7, 11) is 1.78. The smallest absolute Gasteiger partial charge is 0.410 e. The summed E-state index contributed by atoms with van der Waals surface area (Å²) >= 11 is 0. The van der Waals surface area contributed by atoms with Gasteiger partial charge in [0.15, 0.2) is 0 Å². The Labute approximate surface area is 111 Å². The second kappa shape index (κ2) is 6.98. The van der Waals surface area contributed by atoms with Crippen molar-refractivity contribution in [2.75, 3.05) is 26.7 Å². The second-order valence-corrected chi connectivity index (χ2v) is 6.26. The van der Waals surface area contributed by atoms with Crippen molar-refractivity contribution in [1.29, 1.82) is 0 Å². The van der Waals surface area contributed by atoms with Gasteiger partial charge in [0.05, 0.1) is 0 Å². The van der Waals surface area contributed by atoms with Gasteiger partial charge in [-0.25, -0.2) is 4.79 Å². The fourth-order valence-electron chi connectivity index (χ4n) is 2.20. The lowest BCUT2D eigenvalue weighted by molar-refractivity contribution is 0.0300. The van der Waals surface area contributed by atoms with Gasteiger partial charge in [0, 0.05) is 20.1 Å². The average Bonchev–Trinajstić information content (AvgIpc) is 2.74. The number of rotatable bonds is 5. The second-order valence-electron chi connectivity index (χ2n) is 6.26. The van der Waals surface area contributed by atoms with Crippen LogP contribution in [0.25, 0.3) is 0 Å². The van der Waals surface area contributed by atoms with Crippen LogP contribution in [0.5, 0.6) is 0 Å². The van der Waals surface area contributed by atoms with Gasteiger partial charge in [0.25, 0.3) is 0 Å². The maximum Gasteiger partial charge on any atom is 0.410 e. The van der Waals surface area contributed by atoms with E-state index in [4.69, 9.17) is 4.74 Å². The minimum atomic E-state index is -0.414. The first-order valence-electron chi connectivity index (χ1n) is 7.03. The van der Waals surface area contributed by atoms with Gasteiger partial charge < -0.3 is 15.0 Å². The normalized spacial score (nSPS) is 16.9. The van der Waals surface area contributed by atoms with Crippen molar-refractivity contribution < 1.29 is 9.53 Å². The molecule has 0 radical (unpaired) electrons. The molecule has 4 heteroatoms. The molecule has 0 unspecified atom stereocenters. The average molecular weight is 256 g/mol. The summed E-state index contributed by atoms with van der Waals surface area (Å²) in [4.78, 5) is 13.3. The van der Waals surface area contributed by atoms with Crippen molar-refractivity contribution >= 4 is 6.09 Å². The van der Waals surface area contributed by atoms with Crippen LogP contribution in [-0.4, -0.2) is 43.3 Å². The van der Waals surface area contributed by atoms with E-state index >= 15 is 0 Å². The van der Waals surface area contributed by atoms with Crippen LogP contribution in [0.3, 0.4) is 0 Å². The lowest BCUT2D eigenvalue weighted by atomic mass is 10.1. The maximum atomic E-state index is 11.7. The van der Waals surface area contributed by atoms with Gasteiger partial charge in [-0.05, 0) is 46.1 Å². The zero-order valence-corrected chi connectivity index (χ0v) is 12.3. The molecule has 1 amide bonds. The van der Waals surface area contributed by atoms with Crippen molar-refractivity contribution in [1.82, 2.24) is 10.2 Å². The van der Waals surface area contributed by atoms with Crippen molar-refractivity contribution in [3.63, 3.8) is 0 Å². The highest BCUT2D eigenvalue weighted by Gasteiger charge is 2.19. The number of nitrogens with zero attached hydrogens (tertiary/aromatic N) is 1. The van der Waals surface area contributed by atoms with Gasteiger partial charge in [-0.1, -0.05) is 12.8 Å². The molecule has 0 spiro atoms. The van der Waals surface area contributed by atoms with Crippen molar-refractivity contribution in [2.24, 2.45) is 5.92 Å². The molecule has 0 aliphatic heterocycles. The first-order valence-corrected chi connectivity index (χ1v) is 7.03. The Kier molecular flexibility index (Phi) is 5.93. The van der Waals surface area contributed by atoms with E-state index in [1.54, 1.807) is 11.9 Å². The Hall–Kier alpha value is -0.770. The van der Waals surface area contributed by atoms with Crippen molar-refractivity contribution in [3.05, 3.63) is 0 Å². The van der Waals surface area contributed by atoms with E-state index < -0.39 is 5.60 Å². The fraction of sp³-hybridized carbons (Fsp3) is 0.929. The van der Waals surface area contributed by atoms with Gasteiger partial charge in [0.1, 0.15) is 5.60 Å². The molecular weight excluding hydrogens is 228 g/mol. The SMILES string of the molecule is CN(CCNCC1CCCC1)C(=O)OC(C)(C)C. The van der Waals surface area contributed by atoms with E-state index in [1.165, 1.54) is 25.7 Å². The first-order chi connectivity index (χ1) is 8.38. The molecule has 0 aromatic heterocycles. The Bertz CT molecular complexity index is 255. The zero-order chi connectivity index (χ0) is 13.6. The number of ether oxygens (including phenoxy) is 1. The molecule has 0 atom stereocenters. The lowest BCUT2D eigenvalue weighted by Gasteiger charge is -2.24. The topological polar surface area (TPSA) is 41.6 Å². The quantitative estimate of drug-likeness (QED) is 0.769. The van der Waals surface area contributed by atoms with E-state index in [0.717, 1.165) is 19.0 Å². The standard InChI is InChI=1S/C14H28N2O2/c1-14(2,3)18-13(17)16(4)10-9-15-11-12-7-5-6-8-12/h12,15H,5-11H2,1-4H3. The Morgan fingerprint density at radius 3 is 2.50 bits per heavy atom. The third kappa shape index (κ3) is 6.24. The summed E-state index contributed by atoms with van der Waals surface area (Å²) in [6, 6.07) is 0.